The van der Waals surface area contributed by atoms with Gasteiger partial charge in [0.1, 0.15) is 0 Å². The predicted molar refractivity (Wildman–Crippen MR) is 65.1 cm³/mol. The third kappa shape index (κ3) is 4.12. The van der Waals surface area contributed by atoms with Crippen LogP contribution in [0.25, 0.3) is 0 Å². The molecular formula is C13H27NO. The summed E-state index contributed by atoms with van der Waals surface area (Å²) in [6.45, 7) is 10.1. The molecule has 0 bridgehead atoms. The average molecular weight is 213 g/mol. The normalized spacial score (nSPS) is 22.2. The number of methoxy groups -OCH3 is 1. The topological polar surface area (TPSA) is 21.3 Å². The van der Waals surface area contributed by atoms with Gasteiger partial charge in [0.05, 0.1) is 5.60 Å². The van der Waals surface area contributed by atoms with Gasteiger partial charge in [0.25, 0.3) is 0 Å². The van der Waals surface area contributed by atoms with Crippen LogP contribution in [-0.4, -0.2) is 25.3 Å². The van der Waals surface area contributed by atoms with Crippen LogP contribution < -0.4 is 5.32 Å². The number of hydrogen-bond acceptors (Lipinski definition) is 2. The smallest absolute Gasteiger partial charge is 0.0637 e. The first kappa shape index (κ1) is 13.0. The molecule has 0 heterocycles. The molecule has 15 heavy (non-hydrogen) atoms. The third-order valence-corrected chi connectivity index (χ3v) is 3.79. The standard InChI is InChI=1S/C13H27NO/c1-11(9-12(2,3)15-5)14-10-13(4)7-6-8-13/h11,14H,6-10H2,1-5H3. The van der Waals surface area contributed by atoms with Crippen molar-refractivity contribution < 1.29 is 4.74 Å². The van der Waals surface area contributed by atoms with Gasteiger partial charge in [0.2, 0.25) is 0 Å². The molecular weight excluding hydrogens is 186 g/mol. The first-order chi connectivity index (χ1) is 6.87. The summed E-state index contributed by atoms with van der Waals surface area (Å²) in [5, 5.41) is 3.64. The molecule has 1 fully saturated rings. The zero-order chi connectivity index (χ0) is 11.5. The second-order valence-corrected chi connectivity index (χ2v) is 6.11. The Labute approximate surface area is 94.8 Å². The highest BCUT2D eigenvalue weighted by Gasteiger charge is 2.32. The molecule has 0 aliphatic heterocycles. The SMILES string of the molecule is COC(C)(C)CC(C)NCC1(C)CCC1. The highest BCUT2D eigenvalue weighted by molar-refractivity contribution is 4.86. The minimum Gasteiger partial charge on any atom is -0.379 e. The number of rotatable bonds is 6. The lowest BCUT2D eigenvalue weighted by molar-refractivity contribution is 0.00683. The molecule has 0 radical (unpaired) electrons. The summed E-state index contributed by atoms with van der Waals surface area (Å²) in [5.41, 5.74) is 0.568. The number of nitrogens with one attached hydrogen (secondary N) is 1. The van der Waals surface area contributed by atoms with Gasteiger partial charge in [-0.1, -0.05) is 13.3 Å². The molecule has 1 aliphatic carbocycles. The lowest BCUT2D eigenvalue weighted by atomic mass is 9.70. The summed E-state index contributed by atoms with van der Waals surface area (Å²) in [5.74, 6) is 0. The van der Waals surface area contributed by atoms with Gasteiger partial charge in [0.15, 0.2) is 0 Å². The van der Waals surface area contributed by atoms with Crippen molar-refractivity contribution in [2.75, 3.05) is 13.7 Å². The van der Waals surface area contributed by atoms with Crippen LogP contribution in [0.5, 0.6) is 0 Å². The summed E-state index contributed by atoms with van der Waals surface area (Å²) in [6.07, 6.45) is 5.26. The maximum atomic E-state index is 5.44. The summed E-state index contributed by atoms with van der Waals surface area (Å²) in [6, 6.07) is 0.539. The van der Waals surface area contributed by atoms with E-state index in [0.717, 1.165) is 13.0 Å². The molecule has 0 aromatic heterocycles. The van der Waals surface area contributed by atoms with Gasteiger partial charge >= 0.3 is 0 Å². The molecule has 1 unspecified atom stereocenters. The quantitative estimate of drug-likeness (QED) is 0.732. The van der Waals surface area contributed by atoms with Crippen LogP contribution in [0.15, 0.2) is 0 Å². The third-order valence-electron chi connectivity index (χ3n) is 3.79. The monoisotopic (exact) mass is 213 g/mol. The van der Waals surface area contributed by atoms with Gasteiger partial charge in [0, 0.05) is 19.7 Å². The highest BCUT2D eigenvalue weighted by atomic mass is 16.5. The molecule has 2 heteroatoms. The predicted octanol–water partition coefficient (Wildman–Crippen LogP) is 2.97. The summed E-state index contributed by atoms with van der Waals surface area (Å²) in [4.78, 5) is 0. The molecule has 1 rings (SSSR count). The maximum Gasteiger partial charge on any atom is 0.0637 e. The van der Waals surface area contributed by atoms with E-state index in [9.17, 15) is 0 Å². The van der Waals surface area contributed by atoms with Crippen LogP contribution >= 0.6 is 0 Å². The summed E-state index contributed by atoms with van der Waals surface area (Å²) >= 11 is 0. The Morgan fingerprint density at radius 2 is 2.00 bits per heavy atom. The Morgan fingerprint density at radius 1 is 1.40 bits per heavy atom. The van der Waals surface area contributed by atoms with Crippen LogP contribution in [0.1, 0.15) is 53.4 Å². The molecule has 1 N–H and O–H groups in total. The molecule has 90 valence electrons. The largest absolute Gasteiger partial charge is 0.379 e. The van der Waals surface area contributed by atoms with E-state index >= 15 is 0 Å². The van der Waals surface area contributed by atoms with Gasteiger partial charge in [-0.3, -0.25) is 0 Å². The molecule has 0 aromatic carbocycles. The summed E-state index contributed by atoms with van der Waals surface area (Å²) < 4.78 is 5.44. The van der Waals surface area contributed by atoms with Crippen LogP contribution in [0.3, 0.4) is 0 Å². The first-order valence-electron chi connectivity index (χ1n) is 6.15. The Morgan fingerprint density at radius 3 is 2.40 bits per heavy atom. The Hall–Kier alpha value is -0.0800. The fraction of sp³-hybridized carbons (Fsp3) is 1.00. The van der Waals surface area contributed by atoms with Gasteiger partial charge in [-0.05, 0) is 45.4 Å². The zero-order valence-electron chi connectivity index (χ0n) is 11.0. The molecule has 0 amide bonds. The average Bonchev–Trinajstić information content (AvgIpc) is 2.11. The van der Waals surface area contributed by atoms with Crippen molar-refractivity contribution >= 4 is 0 Å². The van der Waals surface area contributed by atoms with E-state index in [4.69, 9.17) is 4.74 Å². The van der Waals surface area contributed by atoms with Gasteiger partial charge in [-0.15, -0.1) is 0 Å². The minimum atomic E-state index is -0.00701. The van der Waals surface area contributed by atoms with E-state index < -0.39 is 0 Å². The van der Waals surface area contributed by atoms with Gasteiger partial charge in [-0.2, -0.15) is 0 Å². The van der Waals surface area contributed by atoms with Crippen LogP contribution in [0, 0.1) is 5.41 Å². The van der Waals surface area contributed by atoms with E-state index in [-0.39, 0.29) is 5.60 Å². The minimum absolute atomic E-state index is 0.00701. The van der Waals surface area contributed by atoms with Crippen molar-refractivity contribution in [2.24, 2.45) is 5.41 Å². The Kier molecular flexibility index (Phi) is 4.19. The van der Waals surface area contributed by atoms with Crippen LogP contribution in [0.4, 0.5) is 0 Å². The van der Waals surface area contributed by atoms with Crippen molar-refractivity contribution in [3.8, 4) is 0 Å². The van der Waals surface area contributed by atoms with E-state index in [1.807, 2.05) is 0 Å². The molecule has 0 spiro atoms. The van der Waals surface area contributed by atoms with Gasteiger partial charge in [-0.25, -0.2) is 0 Å². The van der Waals surface area contributed by atoms with Crippen molar-refractivity contribution in [1.29, 1.82) is 0 Å². The molecule has 1 saturated carbocycles. The Balaban J connectivity index is 2.21. The highest BCUT2D eigenvalue weighted by Crippen LogP contribution is 2.39. The van der Waals surface area contributed by atoms with Crippen molar-refractivity contribution in [3.63, 3.8) is 0 Å². The number of ether oxygens (including phenoxy) is 1. The van der Waals surface area contributed by atoms with E-state index in [2.05, 4.69) is 33.0 Å². The second-order valence-electron chi connectivity index (χ2n) is 6.11. The van der Waals surface area contributed by atoms with E-state index in [0.29, 0.717) is 11.5 Å². The van der Waals surface area contributed by atoms with Crippen molar-refractivity contribution in [2.45, 2.75) is 65.0 Å². The second kappa shape index (κ2) is 4.84. The summed E-state index contributed by atoms with van der Waals surface area (Å²) in [7, 11) is 1.79. The molecule has 1 atom stereocenters. The van der Waals surface area contributed by atoms with Crippen LogP contribution in [0.2, 0.25) is 0 Å². The lowest BCUT2D eigenvalue weighted by Crippen LogP contribution is -2.43. The van der Waals surface area contributed by atoms with Crippen LogP contribution in [-0.2, 0) is 4.74 Å². The maximum absolute atomic E-state index is 5.44. The fourth-order valence-corrected chi connectivity index (χ4v) is 2.27. The molecule has 1 aliphatic rings. The molecule has 0 aromatic rings. The fourth-order valence-electron chi connectivity index (χ4n) is 2.27. The molecule has 0 saturated heterocycles. The van der Waals surface area contributed by atoms with Gasteiger partial charge < -0.3 is 10.1 Å². The lowest BCUT2D eigenvalue weighted by Gasteiger charge is -2.40. The number of hydrogen-bond donors (Lipinski definition) is 1. The Bertz CT molecular complexity index is 197. The zero-order valence-corrected chi connectivity index (χ0v) is 11.0. The van der Waals surface area contributed by atoms with E-state index in [1.54, 1.807) is 7.11 Å². The van der Waals surface area contributed by atoms with Crippen molar-refractivity contribution in [1.82, 2.24) is 5.32 Å². The first-order valence-corrected chi connectivity index (χ1v) is 6.15. The van der Waals surface area contributed by atoms with Crippen molar-refractivity contribution in [3.05, 3.63) is 0 Å². The van der Waals surface area contributed by atoms with E-state index in [1.165, 1.54) is 19.3 Å². The molecule has 2 nitrogen and oxygen atoms in total.